The van der Waals surface area contributed by atoms with Gasteiger partial charge in [-0.1, -0.05) is 13.8 Å². The first kappa shape index (κ1) is 10.4. The van der Waals surface area contributed by atoms with Gasteiger partial charge in [-0.15, -0.1) is 0 Å². The molecule has 2 fully saturated rings. The van der Waals surface area contributed by atoms with Crippen LogP contribution in [-0.2, 0) is 9.84 Å². The minimum atomic E-state index is -2.72. The fourth-order valence-electron chi connectivity index (χ4n) is 2.83. The van der Waals surface area contributed by atoms with Gasteiger partial charge in [0.1, 0.15) is 0 Å². The van der Waals surface area contributed by atoms with Crippen LogP contribution in [-0.4, -0.2) is 33.0 Å². The molecule has 14 heavy (non-hydrogen) atoms. The van der Waals surface area contributed by atoms with Crippen LogP contribution in [0.5, 0.6) is 0 Å². The summed E-state index contributed by atoms with van der Waals surface area (Å²) < 4.78 is 22.9. The third-order valence-corrected chi connectivity index (χ3v) is 5.87. The zero-order valence-corrected chi connectivity index (χ0v) is 9.73. The second-order valence-electron chi connectivity index (χ2n) is 5.09. The van der Waals surface area contributed by atoms with Crippen LogP contribution in [0.4, 0.5) is 0 Å². The first-order valence-corrected chi connectivity index (χ1v) is 7.19. The molecule has 0 aromatic heterocycles. The van der Waals surface area contributed by atoms with Crippen LogP contribution < -0.4 is 5.32 Å². The van der Waals surface area contributed by atoms with E-state index in [1.165, 1.54) is 0 Å². The molecule has 0 amide bonds. The first-order valence-electron chi connectivity index (χ1n) is 5.37. The van der Waals surface area contributed by atoms with E-state index in [1.807, 2.05) is 0 Å². The molecule has 2 heterocycles. The van der Waals surface area contributed by atoms with Crippen molar-refractivity contribution in [2.45, 2.75) is 20.3 Å². The number of nitrogens with one attached hydrogen (secondary N) is 1. The molecular formula is C10H19NO2S. The molecule has 2 aliphatic heterocycles. The van der Waals surface area contributed by atoms with Crippen molar-refractivity contribution >= 4 is 9.84 Å². The summed E-state index contributed by atoms with van der Waals surface area (Å²) in [6.45, 7) is 6.44. The highest BCUT2D eigenvalue weighted by atomic mass is 32.2. The van der Waals surface area contributed by atoms with E-state index in [0.717, 1.165) is 19.5 Å². The highest BCUT2D eigenvalue weighted by Gasteiger charge is 2.49. The van der Waals surface area contributed by atoms with Crippen molar-refractivity contribution in [2.75, 3.05) is 24.6 Å². The molecule has 4 heteroatoms. The molecule has 3 nitrogen and oxygen atoms in total. The third-order valence-electron chi connectivity index (χ3n) is 4.10. The van der Waals surface area contributed by atoms with Gasteiger partial charge in [-0.05, 0) is 18.3 Å². The molecule has 1 N–H and O–H groups in total. The van der Waals surface area contributed by atoms with Gasteiger partial charge in [0.05, 0.1) is 11.5 Å². The second-order valence-corrected chi connectivity index (χ2v) is 7.32. The molecule has 2 rings (SSSR count). The Bertz CT molecular complexity index is 317. The SMILES string of the molecule is CC(C)C1(C2CCS(=O)(=O)C2)CNC1. The monoisotopic (exact) mass is 217 g/mol. The van der Waals surface area contributed by atoms with E-state index in [1.54, 1.807) is 0 Å². The van der Waals surface area contributed by atoms with E-state index in [0.29, 0.717) is 23.3 Å². The average molecular weight is 217 g/mol. The zero-order chi connectivity index (χ0) is 10.4. The Morgan fingerprint density at radius 1 is 1.36 bits per heavy atom. The second kappa shape index (κ2) is 3.20. The summed E-state index contributed by atoms with van der Waals surface area (Å²) in [5.74, 6) is 1.81. The highest BCUT2D eigenvalue weighted by molar-refractivity contribution is 7.91. The smallest absolute Gasteiger partial charge is 0.150 e. The maximum Gasteiger partial charge on any atom is 0.150 e. The quantitative estimate of drug-likeness (QED) is 0.739. The molecule has 0 radical (unpaired) electrons. The van der Waals surface area contributed by atoms with Crippen molar-refractivity contribution in [1.29, 1.82) is 0 Å². The van der Waals surface area contributed by atoms with Gasteiger partial charge >= 0.3 is 0 Å². The predicted octanol–water partition coefficient (Wildman–Crippen LogP) is 0.667. The van der Waals surface area contributed by atoms with Gasteiger partial charge < -0.3 is 5.32 Å². The first-order chi connectivity index (χ1) is 6.46. The van der Waals surface area contributed by atoms with E-state index in [9.17, 15) is 8.42 Å². The zero-order valence-electron chi connectivity index (χ0n) is 8.91. The normalized spacial score (nSPS) is 34.4. The molecule has 2 saturated heterocycles. The number of sulfone groups is 1. The summed E-state index contributed by atoms with van der Waals surface area (Å²) >= 11 is 0. The van der Waals surface area contributed by atoms with Crippen molar-refractivity contribution in [2.24, 2.45) is 17.3 Å². The fraction of sp³-hybridized carbons (Fsp3) is 1.00. The third kappa shape index (κ3) is 1.48. The van der Waals surface area contributed by atoms with E-state index in [4.69, 9.17) is 0 Å². The predicted molar refractivity (Wildman–Crippen MR) is 56.9 cm³/mol. The van der Waals surface area contributed by atoms with Crippen LogP contribution >= 0.6 is 0 Å². The van der Waals surface area contributed by atoms with Gasteiger partial charge in [-0.25, -0.2) is 8.42 Å². The van der Waals surface area contributed by atoms with Crippen molar-refractivity contribution in [3.05, 3.63) is 0 Å². The number of rotatable bonds is 2. The summed E-state index contributed by atoms with van der Waals surface area (Å²) in [5, 5.41) is 3.29. The Balaban J connectivity index is 2.15. The molecule has 0 aliphatic carbocycles. The van der Waals surface area contributed by atoms with Gasteiger partial charge in [-0.3, -0.25) is 0 Å². The van der Waals surface area contributed by atoms with Crippen molar-refractivity contribution in [3.8, 4) is 0 Å². The van der Waals surface area contributed by atoms with Gasteiger partial charge in [0.2, 0.25) is 0 Å². The maximum absolute atomic E-state index is 11.4. The van der Waals surface area contributed by atoms with Gasteiger partial charge in [0.25, 0.3) is 0 Å². The molecule has 1 atom stereocenters. The molecule has 0 saturated carbocycles. The Labute approximate surface area is 86.2 Å². The average Bonchev–Trinajstić information content (AvgIpc) is 2.27. The van der Waals surface area contributed by atoms with Crippen LogP contribution in [0.25, 0.3) is 0 Å². The highest BCUT2D eigenvalue weighted by Crippen LogP contribution is 2.44. The number of hydrogen-bond donors (Lipinski definition) is 1. The van der Waals surface area contributed by atoms with E-state index < -0.39 is 9.84 Å². The Morgan fingerprint density at radius 2 is 2.00 bits per heavy atom. The molecule has 0 aromatic carbocycles. The van der Waals surface area contributed by atoms with Crippen LogP contribution in [0.2, 0.25) is 0 Å². The molecular weight excluding hydrogens is 198 g/mol. The van der Waals surface area contributed by atoms with Crippen LogP contribution in [0, 0.1) is 17.3 Å². The summed E-state index contributed by atoms with van der Waals surface area (Å²) in [6.07, 6.45) is 0.877. The largest absolute Gasteiger partial charge is 0.315 e. The standard InChI is InChI=1S/C10H19NO2S/c1-8(2)10(6-11-7-10)9-3-4-14(12,13)5-9/h8-9,11H,3-7H2,1-2H3. The molecule has 0 aromatic rings. The topological polar surface area (TPSA) is 46.2 Å². The fourth-order valence-corrected chi connectivity index (χ4v) is 4.75. The molecule has 1 unspecified atom stereocenters. The summed E-state index contributed by atoms with van der Waals surface area (Å²) in [4.78, 5) is 0. The Hall–Kier alpha value is -0.0900. The minimum absolute atomic E-state index is 0.267. The van der Waals surface area contributed by atoms with Crippen LogP contribution in [0.3, 0.4) is 0 Å². The van der Waals surface area contributed by atoms with E-state index in [2.05, 4.69) is 19.2 Å². The van der Waals surface area contributed by atoms with Gasteiger partial charge in [0.15, 0.2) is 9.84 Å². The maximum atomic E-state index is 11.4. The lowest BCUT2D eigenvalue weighted by molar-refractivity contribution is 0.0363. The number of hydrogen-bond acceptors (Lipinski definition) is 3. The lowest BCUT2D eigenvalue weighted by atomic mass is 9.63. The van der Waals surface area contributed by atoms with Crippen LogP contribution in [0.1, 0.15) is 20.3 Å². The molecule has 0 spiro atoms. The van der Waals surface area contributed by atoms with Gasteiger partial charge in [-0.2, -0.15) is 0 Å². The summed E-state index contributed by atoms with van der Waals surface area (Å²) in [5.41, 5.74) is 0.267. The van der Waals surface area contributed by atoms with Gasteiger partial charge in [0, 0.05) is 18.5 Å². The van der Waals surface area contributed by atoms with Crippen LogP contribution in [0.15, 0.2) is 0 Å². The van der Waals surface area contributed by atoms with E-state index >= 15 is 0 Å². The molecule has 0 bridgehead atoms. The van der Waals surface area contributed by atoms with Crippen molar-refractivity contribution in [1.82, 2.24) is 5.32 Å². The summed E-state index contributed by atoms with van der Waals surface area (Å²) in [6, 6.07) is 0. The lowest BCUT2D eigenvalue weighted by Gasteiger charge is -2.50. The summed E-state index contributed by atoms with van der Waals surface area (Å²) in [7, 11) is -2.72. The molecule has 2 aliphatic rings. The van der Waals surface area contributed by atoms with E-state index in [-0.39, 0.29) is 5.41 Å². The Kier molecular flexibility index (Phi) is 2.39. The van der Waals surface area contributed by atoms with Crippen molar-refractivity contribution in [3.63, 3.8) is 0 Å². The minimum Gasteiger partial charge on any atom is -0.315 e. The molecule has 82 valence electrons. The van der Waals surface area contributed by atoms with Crippen molar-refractivity contribution < 1.29 is 8.42 Å². The Morgan fingerprint density at radius 3 is 2.29 bits per heavy atom. The lowest BCUT2D eigenvalue weighted by Crippen LogP contribution is -2.60.